The summed E-state index contributed by atoms with van der Waals surface area (Å²) < 4.78 is 55.3. The van der Waals surface area contributed by atoms with E-state index in [4.69, 9.17) is 10.6 Å². The van der Waals surface area contributed by atoms with Gasteiger partial charge >= 0.3 is 12.2 Å². The van der Waals surface area contributed by atoms with Crippen LogP contribution in [-0.2, 0) is 17.6 Å². The van der Waals surface area contributed by atoms with Crippen molar-refractivity contribution in [2.24, 2.45) is 0 Å². The number of nitrogens with two attached hydrogens (primary N) is 1. The molecule has 0 bridgehead atoms. The van der Waals surface area contributed by atoms with Crippen molar-refractivity contribution in [1.82, 2.24) is 24.8 Å². The fourth-order valence-electron chi connectivity index (χ4n) is 4.42. The molecule has 9 nitrogen and oxygen atoms in total. The van der Waals surface area contributed by atoms with Crippen LogP contribution in [0.3, 0.4) is 0 Å². The Balaban J connectivity index is 1.39. The molecule has 5 rings (SSSR count). The number of halogens is 4. The number of fused-ring (bicyclic) bond motifs is 1. The van der Waals surface area contributed by atoms with Gasteiger partial charge in [-0.3, -0.25) is 4.84 Å². The van der Waals surface area contributed by atoms with E-state index in [1.54, 1.807) is 22.9 Å². The molecule has 1 aliphatic heterocycles. The molecule has 1 aliphatic rings. The summed E-state index contributed by atoms with van der Waals surface area (Å²) in [6, 6.07) is 5.63. The van der Waals surface area contributed by atoms with Gasteiger partial charge in [0.25, 0.3) is 0 Å². The van der Waals surface area contributed by atoms with Gasteiger partial charge in [-0.1, -0.05) is 12.0 Å². The van der Waals surface area contributed by atoms with Gasteiger partial charge in [-0.15, -0.1) is 0 Å². The summed E-state index contributed by atoms with van der Waals surface area (Å²) in [5.74, 6) is 5.26. The lowest BCUT2D eigenvalue weighted by Gasteiger charge is -2.24. The van der Waals surface area contributed by atoms with Gasteiger partial charge in [0.2, 0.25) is 0 Å². The third kappa shape index (κ3) is 5.26. The molecular formula is C27H23F4N7O2. The maximum absolute atomic E-state index is 14.0. The van der Waals surface area contributed by atoms with Crippen LogP contribution in [0, 0.1) is 24.6 Å². The molecule has 0 unspecified atom stereocenters. The van der Waals surface area contributed by atoms with Crippen molar-refractivity contribution in [2.45, 2.75) is 39.0 Å². The number of carbonyl (C=O) groups excluding carboxylic acids is 1. The van der Waals surface area contributed by atoms with Crippen LogP contribution < -0.4 is 11.1 Å². The lowest BCUT2D eigenvalue weighted by atomic mass is 10.0. The van der Waals surface area contributed by atoms with Crippen LogP contribution in [-0.4, -0.2) is 37.4 Å². The first-order chi connectivity index (χ1) is 19.0. The fraction of sp³-hybridized carbons (Fsp3) is 0.259. The minimum atomic E-state index is -4.73. The highest BCUT2D eigenvalue weighted by Gasteiger charge is 2.36. The summed E-state index contributed by atoms with van der Waals surface area (Å²) in [6.07, 6.45) is -3.18. The van der Waals surface area contributed by atoms with Gasteiger partial charge in [-0.05, 0) is 61.2 Å². The number of hydrogen-bond acceptors (Lipinski definition) is 6. The number of carbonyl (C=O) groups is 1. The number of nitrogens with one attached hydrogen (secondary N) is 1. The molecule has 13 heteroatoms. The van der Waals surface area contributed by atoms with E-state index in [2.05, 4.69) is 32.2 Å². The highest BCUT2D eigenvalue weighted by molar-refractivity contribution is 5.91. The van der Waals surface area contributed by atoms with Gasteiger partial charge in [0, 0.05) is 24.2 Å². The Kier molecular flexibility index (Phi) is 7.03. The first-order valence-electron chi connectivity index (χ1n) is 12.3. The number of aromatic nitrogens is 4. The van der Waals surface area contributed by atoms with Crippen molar-refractivity contribution < 1.29 is 27.2 Å². The van der Waals surface area contributed by atoms with Gasteiger partial charge in [-0.25, -0.2) is 23.8 Å². The van der Waals surface area contributed by atoms with E-state index >= 15 is 0 Å². The predicted octanol–water partition coefficient (Wildman–Crippen LogP) is 5.21. The zero-order valence-electron chi connectivity index (χ0n) is 21.4. The molecular weight excluding hydrogens is 530 g/mol. The molecule has 40 heavy (non-hydrogen) atoms. The van der Waals surface area contributed by atoms with E-state index in [-0.39, 0.29) is 24.4 Å². The zero-order valence-corrected chi connectivity index (χ0v) is 21.4. The van der Waals surface area contributed by atoms with Crippen LogP contribution in [0.15, 0.2) is 42.7 Å². The molecule has 0 radical (unpaired) electrons. The van der Waals surface area contributed by atoms with Crippen LogP contribution in [0.25, 0.3) is 11.0 Å². The Morgan fingerprint density at radius 3 is 2.75 bits per heavy atom. The van der Waals surface area contributed by atoms with Crippen molar-refractivity contribution in [2.75, 3.05) is 17.7 Å². The van der Waals surface area contributed by atoms with E-state index in [1.807, 2.05) is 13.8 Å². The van der Waals surface area contributed by atoms with E-state index in [0.717, 1.165) is 22.8 Å². The number of nitrogens with zero attached hydrogens (tertiary/aromatic N) is 5. The summed E-state index contributed by atoms with van der Waals surface area (Å²) in [6.45, 7) is 4.39. The smallest absolute Gasteiger partial charge is 0.383 e. The Morgan fingerprint density at radius 2 is 2.00 bits per heavy atom. The van der Waals surface area contributed by atoms with E-state index < -0.39 is 29.6 Å². The van der Waals surface area contributed by atoms with Gasteiger partial charge in [0.1, 0.15) is 23.7 Å². The predicted molar refractivity (Wildman–Crippen MR) is 138 cm³/mol. The van der Waals surface area contributed by atoms with Crippen molar-refractivity contribution in [1.29, 1.82) is 0 Å². The standard InChI is InChI=1S/C27H23F4N7O2/c1-3-37-25-23(24(32)33-14-34-25)21(36-37)7-5-16-12-20(6-4-15(16)2)35-26(39)38-22(8-9-40-38)17-10-18(27(29,30)31)13-19(28)11-17/h4,6,10-14,22H,3,8-9H2,1-2H3,(H,35,39)(H2,32,33,34)/t22-/m1/s1. The van der Waals surface area contributed by atoms with E-state index in [9.17, 15) is 22.4 Å². The summed E-state index contributed by atoms with van der Waals surface area (Å²) in [7, 11) is 0. The second-order valence-corrected chi connectivity index (χ2v) is 9.07. The number of alkyl halides is 3. The summed E-state index contributed by atoms with van der Waals surface area (Å²) in [4.78, 5) is 26.7. The van der Waals surface area contributed by atoms with E-state index in [0.29, 0.717) is 40.6 Å². The maximum atomic E-state index is 14.0. The topological polar surface area (TPSA) is 111 Å². The molecule has 206 valence electrons. The molecule has 1 atom stereocenters. The fourth-order valence-corrected chi connectivity index (χ4v) is 4.42. The summed E-state index contributed by atoms with van der Waals surface area (Å²) in [5.41, 5.74) is 7.65. The molecule has 3 heterocycles. The SMILES string of the molecule is CCn1nc(C#Cc2cc(NC(=O)N3OCC[C@@H]3c3cc(F)cc(C(F)(F)F)c3)ccc2C)c2c(N)ncnc21. The third-order valence-corrected chi connectivity index (χ3v) is 6.40. The first kappa shape index (κ1) is 26.9. The Bertz CT molecular complexity index is 1670. The van der Waals surface area contributed by atoms with Crippen molar-refractivity contribution in [3.8, 4) is 11.8 Å². The Hall–Kier alpha value is -4.70. The lowest BCUT2D eigenvalue weighted by Crippen LogP contribution is -2.33. The molecule has 1 fully saturated rings. The molecule has 4 aromatic rings. The Labute approximate surface area is 225 Å². The van der Waals surface area contributed by atoms with Crippen LogP contribution in [0.5, 0.6) is 0 Å². The molecule has 3 N–H and O–H groups in total. The molecule has 2 aromatic carbocycles. The number of anilines is 2. The van der Waals surface area contributed by atoms with Crippen molar-refractivity contribution in [3.05, 3.63) is 76.5 Å². The van der Waals surface area contributed by atoms with Gasteiger partial charge in [0.05, 0.1) is 23.6 Å². The monoisotopic (exact) mass is 553 g/mol. The number of nitrogen functional groups attached to an aromatic ring is 1. The highest BCUT2D eigenvalue weighted by Crippen LogP contribution is 2.36. The first-order valence-corrected chi connectivity index (χ1v) is 12.3. The second kappa shape index (κ2) is 10.5. The molecule has 2 amide bonds. The number of hydrogen-bond donors (Lipinski definition) is 2. The molecule has 0 saturated carbocycles. The van der Waals surface area contributed by atoms with Crippen molar-refractivity contribution in [3.63, 3.8) is 0 Å². The van der Waals surface area contributed by atoms with Crippen LogP contribution in [0.4, 0.5) is 33.9 Å². The average Bonchev–Trinajstić information content (AvgIpc) is 3.54. The van der Waals surface area contributed by atoms with Crippen molar-refractivity contribution >= 4 is 28.6 Å². The van der Waals surface area contributed by atoms with E-state index in [1.165, 1.54) is 6.33 Å². The lowest BCUT2D eigenvalue weighted by molar-refractivity contribution is -0.138. The molecule has 1 saturated heterocycles. The molecule has 0 aliphatic carbocycles. The average molecular weight is 554 g/mol. The van der Waals surface area contributed by atoms with Crippen LogP contribution >= 0.6 is 0 Å². The minimum Gasteiger partial charge on any atom is -0.383 e. The van der Waals surface area contributed by atoms with Gasteiger partial charge < -0.3 is 11.1 Å². The number of amides is 2. The number of urea groups is 1. The number of aryl methyl sites for hydroxylation is 2. The number of hydroxylamine groups is 2. The molecule has 0 spiro atoms. The third-order valence-electron chi connectivity index (χ3n) is 6.40. The quantitative estimate of drug-likeness (QED) is 0.266. The largest absolute Gasteiger partial charge is 0.416 e. The number of benzene rings is 2. The Morgan fingerprint density at radius 1 is 1.20 bits per heavy atom. The summed E-state index contributed by atoms with van der Waals surface area (Å²) >= 11 is 0. The minimum absolute atomic E-state index is 0.0163. The highest BCUT2D eigenvalue weighted by atomic mass is 19.4. The van der Waals surface area contributed by atoms with Gasteiger partial charge in [-0.2, -0.15) is 23.3 Å². The van der Waals surface area contributed by atoms with Gasteiger partial charge in [0.15, 0.2) is 5.65 Å². The zero-order chi connectivity index (χ0) is 28.6. The maximum Gasteiger partial charge on any atom is 0.416 e. The summed E-state index contributed by atoms with van der Waals surface area (Å²) in [5, 5.41) is 8.62. The normalized spacial score (nSPS) is 15.2. The number of rotatable bonds is 3. The second-order valence-electron chi connectivity index (χ2n) is 9.07. The molecule has 2 aromatic heterocycles. The van der Waals surface area contributed by atoms with Crippen LogP contribution in [0.2, 0.25) is 0 Å². The van der Waals surface area contributed by atoms with Crippen LogP contribution in [0.1, 0.15) is 47.3 Å².